The number of hydrogen-bond acceptors (Lipinski definition) is 3. The molecule has 4 rings (SSSR count). The standard InChI is InChI=1S/C21H26N2O2/c24-21(20-7-3-5-17-4-1-2-6-19(17)20)22-18-8-11-23(12-9-18)14-16-10-13-25-15-16/h1-7,16,18H,8-15H2,(H,22,24)/t16-/m0/s1. The third-order valence-corrected chi connectivity index (χ3v) is 5.50. The lowest BCUT2D eigenvalue weighted by atomic mass is 10.0. The molecule has 2 saturated heterocycles. The van der Waals surface area contributed by atoms with Gasteiger partial charge in [0.15, 0.2) is 0 Å². The fraction of sp³-hybridized carbons (Fsp3) is 0.476. The molecule has 0 bridgehead atoms. The number of nitrogens with one attached hydrogen (secondary N) is 1. The Morgan fingerprint density at radius 2 is 1.88 bits per heavy atom. The van der Waals surface area contributed by atoms with E-state index >= 15 is 0 Å². The molecule has 0 spiro atoms. The minimum Gasteiger partial charge on any atom is -0.381 e. The van der Waals surface area contributed by atoms with Gasteiger partial charge in [-0.1, -0.05) is 36.4 Å². The predicted molar refractivity (Wildman–Crippen MR) is 99.8 cm³/mol. The summed E-state index contributed by atoms with van der Waals surface area (Å²) in [5, 5.41) is 5.39. The normalized spacial score (nSPS) is 22.3. The summed E-state index contributed by atoms with van der Waals surface area (Å²) in [7, 11) is 0. The van der Waals surface area contributed by atoms with E-state index in [9.17, 15) is 4.79 Å². The van der Waals surface area contributed by atoms with Crippen molar-refractivity contribution in [2.24, 2.45) is 5.92 Å². The Hall–Kier alpha value is -1.91. The van der Waals surface area contributed by atoms with E-state index in [1.165, 1.54) is 6.42 Å². The number of ether oxygens (including phenoxy) is 1. The smallest absolute Gasteiger partial charge is 0.252 e. The van der Waals surface area contributed by atoms with Crippen LogP contribution in [0.4, 0.5) is 0 Å². The van der Waals surface area contributed by atoms with Gasteiger partial charge in [0, 0.05) is 37.8 Å². The van der Waals surface area contributed by atoms with Crippen molar-refractivity contribution in [2.45, 2.75) is 25.3 Å². The Morgan fingerprint density at radius 3 is 2.68 bits per heavy atom. The van der Waals surface area contributed by atoms with Crippen LogP contribution in [-0.4, -0.2) is 49.7 Å². The lowest BCUT2D eigenvalue weighted by Gasteiger charge is -2.33. The van der Waals surface area contributed by atoms with Crippen molar-refractivity contribution in [2.75, 3.05) is 32.8 Å². The molecule has 0 aliphatic carbocycles. The molecule has 1 atom stereocenters. The van der Waals surface area contributed by atoms with Crippen molar-refractivity contribution in [3.05, 3.63) is 48.0 Å². The highest BCUT2D eigenvalue weighted by Gasteiger charge is 2.25. The topological polar surface area (TPSA) is 41.6 Å². The molecule has 0 saturated carbocycles. The van der Waals surface area contributed by atoms with Gasteiger partial charge in [-0.05, 0) is 42.0 Å². The van der Waals surface area contributed by atoms with Gasteiger partial charge >= 0.3 is 0 Å². The van der Waals surface area contributed by atoms with E-state index < -0.39 is 0 Å². The van der Waals surface area contributed by atoms with E-state index in [0.717, 1.165) is 62.0 Å². The molecule has 0 unspecified atom stereocenters. The zero-order valence-corrected chi connectivity index (χ0v) is 14.6. The molecule has 2 aromatic rings. The van der Waals surface area contributed by atoms with Gasteiger partial charge in [0.05, 0.1) is 6.61 Å². The fourth-order valence-electron chi connectivity index (χ4n) is 4.04. The van der Waals surface area contributed by atoms with Crippen molar-refractivity contribution in [1.82, 2.24) is 10.2 Å². The van der Waals surface area contributed by atoms with E-state index in [-0.39, 0.29) is 11.9 Å². The Balaban J connectivity index is 1.34. The minimum absolute atomic E-state index is 0.0550. The van der Waals surface area contributed by atoms with Crippen molar-refractivity contribution in [1.29, 1.82) is 0 Å². The SMILES string of the molecule is O=C(NC1CCN(C[C@@H]2CCOC2)CC1)c1cccc2ccccc12. The van der Waals surface area contributed by atoms with Crippen LogP contribution >= 0.6 is 0 Å². The Morgan fingerprint density at radius 1 is 1.08 bits per heavy atom. The second-order valence-electron chi connectivity index (χ2n) is 7.30. The first-order valence-corrected chi connectivity index (χ1v) is 9.38. The van der Waals surface area contributed by atoms with E-state index in [2.05, 4.69) is 22.3 Å². The summed E-state index contributed by atoms with van der Waals surface area (Å²) < 4.78 is 5.47. The molecule has 4 heteroatoms. The molecule has 132 valence electrons. The minimum atomic E-state index is 0.0550. The Kier molecular flexibility index (Phi) is 4.99. The van der Waals surface area contributed by atoms with Gasteiger partial charge in [-0.15, -0.1) is 0 Å². The van der Waals surface area contributed by atoms with Crippen molar-refractivity contribution >= 4 is 16.7 Å². The molecule has 25 heavy (non-hydrogen) atoms. The zero-order valence-electron chi connectivity index (χ0n) is 14.6. The maximum Gasteiger partial charge on any atom is 0.252 e. The molecule has 2 fully saturated rings. The lowest BCUT2D eigenvalue weighted by Crippen LogP contribution is -2.45. The average molecular weight is 338 g/mol. The van der Waals surface area contributed by atoms with Crippen molar-refractivity contribution < 1.29 is 9.53 Å². The molecule has 0 aromatic heterocycles. The zero-order chi connectivity index (χ0) is 17.1. The van der Waals surface area contributed by atoms with Gasteiger partial charge in [-0.2, -0.15) is 0 Å². The summed E-state index contributed by atoms with van der Waals surface area (Å²) in [5.41, 5.74) is 0.781. The second kappa shape index (κ2) is 7.54. The van der Waals surface area contributed by atoms with Gasteiger partial charge in [0.1, 0.15) is 0 Å². The van der Waals surface area contributed by atoms with E-state index in [1.54, 1.807) is 0 Å². The van der Waals surface area contributed by atoms with Crippen LogP contribution in [0.3, 0.4) is 0 Å². The van der Waals surface area contributed by atoms with Crippen LogP contribution in [0.15, 0.2) is 42.5 Å². The molecule has 1 N–H and O–H groups in total. The molecule has 2 heterocycles. The third-order valence-electron chi connectivity index (χ3n) is 5.50. The van der Waals surface area contributed by atoms with Crippen LogP contribution in [0.2, 0.25) is 0 Å². The van der Waals surface area contributed by atoms with Crippen LogP contribution in [0.1, 0.15) is 29.6 Å². The summed E-state index contributed by atoms with van der Waals surface area (Å²) in [6, 6.07) is 14.3. The number of fused-ring (bicyclic) bond motifs is 1. The number of piperidine rings is 1. The highest BCUT2D eigenvalue weighted by molar-refractivity contribution is 6.07. The van der Waals surface area contributed by atoms with Crippen LogP contribution in [-0.2, 0) is 4.74 Å². The van der Waals surface area contributed by atoms with E-state index in [1.807, 2.05) is 30.3 Å². The third kappa shape index (κ3) is 3.86. The van der Waals surface area contributed by atoms with Crippen LogP contribution < -0.4 is 5.32 Å². The maximum atomic E-state index is 12.7. The summed E-state index contributed by atoms with van der Waals surface area (Å²) in [6.07, 6.45) is 3.26. The first kappa shape index (κ1) is 16.6. The average Bonchev–Trinajstić information content (AvgIpc) is 3.16. The number of carbonyl (C=O) groups excluding carboxylic acids is 1. The quantitative estimate of drug-likeness (QED) is 0.931. The molecule has 2 aromatic carbocycles. The van der Waals surface area contributed by atoms with Gasteiger partial charge in [0.2, 0.25) is 0 Å². The Labute approximate surface area is 149 Å². The fourth-order valence-corrected chi connectivity index (χ4v) is 4.04. The number of nitrogens with zero attached hydrogens (tertiary/aromatic N) is 1. The number of benzene rings is 2. The molecular weight excluding hydrogens is 312 g/mol. The number of rotatable bonds is 4. The van der Waals surface area contributed by atoms with Gasteiger partial charge in [0.25, 0.3) is 5.91 Å². The summed E-state index contributed by atoms with van der Waals surface area (Å²) in [6.45, 7) is 5.11. The summed E-state index contributed by atoms with van der Waals surface area (Å²) >= 11 is 0. The first-order valence-electron chi connectivity index (χ1n) is 9.38. The number of hydrogen-bond donors (Lipinski definition) is 1. The monoisotopic (exact) mass is 338 g/mol. The molecule has 1 amide bonds. The number of amides is 1. The van der Waals surface area contributed by atoms with Crippen molar-refractivity contribution in [3.63, 3.8) is 0 Å². The van der Waals surface area contributed by atoms with Crippen LogP contribution in [0, 0.1) is 5.92 Å². The van der Waals surface area contributed by atoms with Crippen LogP contribution in [0.25, 0.3) is 10.8 Å². The first-order chi connectivity index (χ1) is 12.3. The van der Waals surface area contributed by atoms with Crippen LogP contribution in [0.5, 0.6) is 0 Å². The van der Waals surface area contributed by atoms with Gasteiger partial charge in [-0.3, -0.25) is 4.79 Å². The van der Waals surface area contributed by atoms with Gasteiger partial charge < -0.3 is 15.0 Å². The molecular formula is C21H26N2O2. The van der Waals surface area contributed by atoms with E-state index in [4.69, 9.17) is 4.74 Å². The lowest BCUT2D eigenvalue weighted by molar-refractivity contribution is 0.0905. The highest BCUT2D eigenvalue weighted by atomic mass is 16.5. The van der Waals surface area contributed by atoms with Crippen molar-refractivity contribution in [3.8, 4) is 0 Å². The summed E-state index contributed by atoms with van der Waals surface area (Å²) in [5.74, 6) is 0.751. The maximum absolute atomic E-state index is 12.7. The van der Waals surface area contributed by atoms with E-state index in [0.29, 0.717) is 5.92 Å². The predicted octanol–water partition coefficient (Wildman–Crippen LogP) is 3.07. The molecule has 4 nitrogen and oxygen atoms in total. The second-order valence-corrected chi connectivity index (χ2v) is 7.30. The molecule has 2 aliphatic rings. The number of likely N-dealkylation sites (tertiary alicyclic amines) is 1. The number of carbonyl (C=O) groups is 1. The summed E-state index contributed by atoms with van der Waals surface area (Å²) in [4.78, 5) is 15.3. The highest BCUT2D eigenvalue weighted by Crippen LogP contribution is 2.20. The molecule has 0 radical (unpaired) electrons. The molecule has 2 aliphatic heterocycles. The Bertz CT molecular complexity index is 726. The largest absolute Gasteiger partial charge is 0.381 e. The van der Waals surface area contributed by atoms with Gasteiger partial charge in [-0.25, -0.2) is 0 Å².